The van der Waals surface area contributed by atoms with Crippen LogP contribution in [-0.4, -0.2) is 23.5 Å². The SMILES string of the molecule is O=C1NOCC1Nc1ccc(Cl)cn1. The number of rotatable bonds is 2. The zero-order chi connectivity index (χ0) is 9.97. The monoisotopic (exact) mass is 213 g/mol. The third kappa shape index (κ3) is 1.94. The summed E-state index contributed by atoms with van der Waals surface area (Å²) in [4.78, 5) is 19.8. The maximum Gasteiger partial charge on any atom is 0.268 e. The summed E-state index contributed by atoms with van der Waals surface area (Å²) in [5, 5.41) is 3.47. The van der Waals surface area contributed by atoms with Gasteiger partial charge in [0.25, 0.3) is 5.91 Å². The highest BCUT2D eigenvalue weighted by Crippen LogP contribution is 2.11. The van der Waals surface area contributed by atoms with Crippen LogP contribution in [0, 0.1) is 0 Å². The molecule has 2 N–H and O–H groups in total. The van der Waals surface area contributed by atoms with Gasteiger partial charge in [-0.1, -0.05) is 11.6 Å². The molecular weight excluding hydrogens is 206 g/mol. The highest BCUT2D eigenvalue weighted by atomic mass is 35.5. The van der Waals surface area contributed by atoms with E-state index in [9.17, 15) is 4.79 Å². The minimum absolute atomic E-state index is 0.193. The van der Waals surface area contributed by atoms with Gasteiger partial charge in [0.2, 0.25) is 0 Å². The van der Waals surface area contributed by atoms with E-state index in [1.54, 1.807) is 12.1 Å². The van der Waals surface area contributed by atoms with Crippen LogP contribution in [0.1, 0.15) is 0 Å². The van der Waals surface area contributed by atoms with Crippen molar-refractivity contribution in [3.8, 4) is 0 Å². The Morgan fingerprint density at radius 1 is 1.64 bits per heavy atom. The average molecular weight is 214 g/mol. The molecule has 1 aliphatic rings. The van der Waals surface area contributed by atoms with Gasteiger partial charge in [-0.2, -0.15) is 0 Å². The highest BCUT2D eigenvalue weighted by Gasteiger charge is 2.25. The Morgan fingerprint density at radius 3 is 3.07 bits per heavy atom. The quantitative estimate of drug-likeness (QED) is 0.754. The number of halogens is 1. The molecule has 0 spiro atoms. The maximum atomic E-state index is 11.1. The van der Waals surface area contributed by atoms with Crippen molar-refractivity contribution in [3.63, 3.8) is 0 Å². The summed E-state index contributed by atoms with van der Waals surface area (Å²) in [6.45, 7) is 0.295. The second-order valence-corrected chi connectivity index (χ2v) is 3.27. The second-order valence-electron chi connectivity index (χ2n) is 2.84. The molecule has 2 rings (SSSR count). The van der Waals surface area contributed by atoms with E-state index in [4.69, 9.17) is 16.4 Å². The number of hydroxylamine groups is 1. The number of pyridine rings is 1. The van der Waals surface area contributed by atoms with Crippen molar-refractivity contribution in [3.05, 3.63) is 23.4 Å². The lowest BCUT2D eigenvalue weighted by Gasteiger charge is -2.08. The van der Waals surface area contributed by atoms with Crippen LogP contribution in [0.4, 0.5) is 5.82 Å². The summed E-state index contributed by atoms with van der Waals surface area (Å²) in [5.74, 6) is 0.404. The number of anilines is 1. The van der Waals surface area contributed by atoms with E-state index in [1.165, 1.54) is 6.20 Å². The first-order valence-corrected chi connectivity index (χ1v) is 4.43. The fourth-order valence-electron chi connectivity index (χ4n) is 1.09. The van der Waals surface area contributed by atoms with Gasteiger partial charge in [-0.05, 0) is 12.1 Å². The van der Waals surface area contributed by atoms with E-state index >= 15 is 0 Å². The molecule has 1 amide bonds. The van der Waals surface area contributed by atoms with Crippen molar-refractivity contribution in [2.75, 3.05) is 11.9 Å². The van der Waals surface area contributed by atoms with Crippen LogP contribution in [0.5, 0.6) is 0 Å². The Morgan fingerprint density at radius 2 is 2.50 bits per heavy atom. The van der Waals surface area contributed by atoms with Gasteiger partial charge in [-0.25, -0.2) is 10.5 Å². The van der Waals surface area contributed by atoms with Gasteiger partial charge in [0.15, 0.2) is 0 Å². The van der Waals surface area contributed by atoms with Crippen molar-refractivity contribution in [1.82, 2.24) is 10.5 Å². The molecule has 0 radical (unpaired) electrons. The Hall–Kier alpha value is -1.33. The van der Waals surface area contributed by atoms with Gasteiger partial charge in [-0.15, -0.1) is 0 Å². The normalized spacial score (nSPS) is 20.6. The van der Waals surface area contributed by atoms with E-state index in [1.807, 2.05) is 0 Å². The van der Waals surface area contributed by atoms with Crippen LogP contribution < -0.4 is 10.8 Å². The standard InChI is InChI=1S/C8H8ClN3O2/c9-5-1-2-7(10-3-5)11-6-4-14-12-8(6)13/h1-3,6H,4H2,(H,10,11)(H,12,13). The van der Waals surface area contributed by atoms with Gasteiger partial charge in [0.1, 0.15) is 18.5 Å². The molecule has 6 heteroatoms. The summed E-state index contributed by atoms with van der Waals surface area (Å²) in [7, 11) is 0. The molecule has 0 aliphatic carbocycles. The van der Waals surface area contributed by atoms with Gasteiger partial charge < -0.3 is 5.32 Å². The summed E-state index contributed by atoms with van der Waals surface area (Å²) in [5.41, 5.74) is 2.25. The predicted octanol–water partition coefficient (Wildman–Crippen LogP) is 0.577. The minimum atomic E-state index is -0.385. The first kappa shape index (κ1) is 9.23. The molecule has 2 heterocycles. The molecule has 74 valence electrons. The van der Waals surface area contributed by atoms with E-state index in [-0.39, 0.29) is 11.9 Å². The van der Waals surface area contributed by atoms with Crippen LogP contribution in [0.2, 0.25) is 5.02 Å². The molecule has 0 bridgehead atoms. The van der Waals surface area contributed by atoms with Gasteiger partial charge in [0.05, 0.1) is 5.02 Å². The molecule has 1 fully saturated rings. The van der Waals surface area contributed by atoms with Crippen molar-refractivity contribution < 1.29 is 9.63 Å². The van der Waals surface area contributed by atoms with Gasteiger partial charge in [-0.3, -0.25) is 9.63 Å². The van der Waals surface area contributed by atoms with Crippen LogP contribution >= 0.6 is 11.6 Å². The number of amides is 1. The smallest absolute Gasteiger partial charge is 0.268 e. The minimum Gasteiger partial charge on any atom is -0.356 e. The fraction of sp³-hybridized carbons (Fsp3) is 0.250. The highest BCUT2D eigenvalue weighted by molar-refractivity contribution is 6.30. The molecule has 1 unspecified atom stereocenters. The first-order valence-electron chi connectivity index (χ1n) is 4.05. The third-order valence-electron chi connectivity index (χ3n) is 1.79. The summed E-state index contributed by atoms with van der Waals surface area (Å²) < 4.78 is 0. The number of nitrogens with one attached hydrogen (secondary N) is 2. The zero-order valence-corrected chi connectivity index (χ0v) is 7.91. The lowest BCUT2D eigenvalue weighted by atomic mass is 10.3. The number of carbonyl (C=O) groups is 1. The number of aromatic nitrogens is 1. The Balaban J connectivity index is 2.03. The lowest BCUT2D eigenvalue weighted by Crippen LogP contribution is -2.31. The van der Waals surface area contributed by atoms with Crippen LogP contribution in [0.15, 0.2) is 18.3 Å². The largest absolute Gasteiger partial charge is 0.356 e. The number of hydrogen-bond donors (Lipinski definition) is 2. The summed E-state index contributed by atoms with van der Waals surface area (Å²) >= 11 is 5.66. The summed E-state index contributed by atoms with van der Waals surface area (Å²) in [6, 6.07) is 3.02. The topological polar surface area (TPSA) is 63.2 Å². The number of nitrogens with zero attached hydrogens (tertiary/aromatic N) is 1. The van der Waals surface area contributed by atoms with Gasteiger partial charge >= 0.3 is 0 Å². The molecule has 0 saturated carbocycles. The third-order valence-corrected chi connectivity index (χ3v) is 2.01. The molecule has 1 saturated heterocycles. The molecule has 1 atom stereocenters. The van der Waals surface area contributed by atoms with E-state index in [2.05, 4.69) is 15.8 Å². The molecule has 0 aromatic carbocycles. The van der Waals surface area contributed by atoms with Crippen molar-refractivity contribution >= 4 is 23.3 Å². The maximum absolute atomic E-state index is 11.1. The lowest BCUT2D eigenvalue weighted by molar-refractivity contribution is -0.124. The predicted molar refractivity (Wildman–Crippen MR) is 50.8 cm³/mol. The van der Waals surface area contributed by atoms with Crippen LogP contribution in [0.25, 0.3) is 0 Å². The molecule has 1 aromatic rings. The fourth-order valence-corrected chi connectivity index (χ4v) is 1.20. The van der Waals surface area contributed by atoms with Crippen LogP contribution in [-0.2, 0) is 9.63 Å². The number of carbonyl (C=O) groups excluding carboxylic acids is 1. The van der Waals surface area contributed by atoms with Crippen molar-refractivity contribution in [2.24, 2.45) is 0 Å². The van der Waals surface area contributed by atoms with Crippen molar-refractivity contribution in [2.45, 2.75) is 6.04 Å². The molecule has 1 aromatic heterocycles. The Labute approximate surface area is 85.4 Å². The molecule has 5 nitrogen and oxygen atoms in total. The first-order chi connectivity index (χ1) is 6.75. The van der Waals surface area contributed by atoms with E-state index in [0.29, 0.717) is 17.4 Å². The average Bonchev–Trinajstić information content (AvgIpc) is 2.56. The molecule has 1 aliphatic heterocycles. The number of hydrogen-bond acceptors (Lipinski definition) is 4. The zero-order valence-electron chi connectivity index (χ0n) is 7.16. The van der Waals surface area contributed by atoms with E-state index in [0.717, 1.165) is 0 Å². The van der Waals surface area contributed by atoms with Gasteiger partial charge in [0, 0.05) is 6.20 Å². The van der Waals surface area contributed by atoms with Crippen molar-refractivity contribution in [1.29, 1.82) is 0 Å². The molecular formula is C8H8ClN3O2. The van der Waals surface area contributed by atoms with E-state index < -0.39 is 0 Å². The second kappa shape index (κ2) is 3.81. The summed E-state index contributed by atoms with van der Waals surface area (Å²) in [6.07, 6.45) is 1.51. The molecule has 14 heavy (non-hydrogen) atoms. The Bertz CT molecular complexity index is 341. The van der Waals surface area contributed by atoms with Crippen LogP contribution in [0.3, 0.4) is 0 Å². The Kier molecular flexibility index (Phi) is 2.51.